The Morgan fingerprint density at radius 2 is 2.06 bits per heavy atom. The Kier molecular flexibility index (Phi) is 6.53. The number of likely N-dealkylation sites (N-methyl/N-ethyl adjacent to an activating group) is 1. The van der Waals surface area contributed by atoms with E-state index in [1.807, 2.05) is 13.8 Å². The normalized spacial score (nSPS) is 13.7. The van der Waals surface area contributed by atoms with E-state index in [0.29, 0.717) is 29.2 Å². The first-order chi connectivity index (χ1) is 15.1. The minimum absolute atomic E-state index is 0.0198. The number of aryl methyl sites for hydroxylation is 1. The van der Waals surface area contributed by atoms with Crippen LogP contribution in [0.3, 0.4) is 0 Å². The minimum Gasteiger partial charge on any atom is -0.369 e. The smallest absolute Gasteiger partial charge is 0.369 e. The van der Waals surface area contributed by atoms with Gasteiger partial charge in [0, 0.05) is 43.2 Å². The van der Waals surface area contributed by atoms with Crippen molar-refractivity contribution in [1.29, 1.82) is 5.26 Å². The van der Waals surface area contributed by atoms with E-state index in [-0.39, 0.29) is 12.1 Å². The van der Waals surface area contributed by atoms with Gasteiger partial charge in [0.1, 0.15) is 17.6 Å². The molecule has 166 valence electrons. The van der Waals surface area contributed by atoms with E-state index >= 15 is 0 Å². The second-order valence-electron chi connectivity index (χ2n) is 7.31. The van der Waals surface area contributed by atoms with Gasteiger partial charge >= 0.3 is 6.18 Å². The quantitative estimate of drug-likeness (QED) is 0.708. The summed E-state index contributed by atoms with van der Waals surface area (Å²) in [5.74, 6) is -0.143. The van der Waals surface area contributed by atoms with Crippen molar-refractivity contribution in [2.75, 3.05) is 30.8 Å². The Hall–Kier alpha value is -3.80. The fourth-order valence-electron chi connectivity index (χ4n) is 3.33. The Morgan fingerprint density at radius 1 is 1.31 bits per heavy atom. The number of pyridine rings is 1. The van der Waals surface area contributed by atoms with Gasteiger partial charge in [-0.05, 0) is 49.2 Å². The number of carbonyl (C=O) groups is 1. The molecule has 1 aliphatic heterocycles. The summed E-state index contributed by atoms with van der Waals surface area (Å²) in [5, 5.41) is 15.1. The second-order valence-corrected chi connectivity index (χ2v) is 7.31. The predicted molar refractivity (Wildman–Crippen MR) is 117 cm³/mol. The van der Waals surface area contributed by atoms with E-state index in [9.17, 15) is 23.2 Å². The van der Waals surface area contributed by atoms with Crippen LogP contribution in [0.1, 0.15) is 18.1 Å². The number of aromatic nitrogens is 1. The highest BCUT2D eigenvalue weighted by molar-refractivity contribution is 6.06. The zero-order valence-corrected chi connectivity index (χ0v) is 17.8. The molecule has 1 aromatic carbocycles. The van der Waals surface area contributed by atoms with E-state index < -0.39 is 17.8 Å². The van der Waals surface area contributed by atoms with Crippen LogP contribution < -0.4 is 10.6 Å². The SMILES string of the molecule is CCNc1ncc(-c2cc(NC(=O)C3=CCN(C)C(C(F)(F)F)=C3)ccc2C)cc1C#N. The summed E-state index contributed by atoms with van der Waals surface area (Å²) in [6, 6.07) is 8.99. The average Bonchev–Trinajstić information content (AvgIpc) is 2.75. The number of carbonyl (C=O) groups excluding carboxylic acids is 1. The number of alkyl halides is 3. The summed E-state index contributed by atoms with van der Waals surface area (Å²) < 4.78 is 39.5. The number of rotatable bonds is 5. The van der Waals surface area contributed by atoms with E-state index in [4.69, 9.17) is 0 Å². The van der Waals surface area contributed by atoms with Crippen molar-refractivity contribution in [1.82, 2.24) is 9.88 Å². The topological polar surface area (TPSA) is 81.1 Å². The molecule has 0 spiro atoms. The van der Waals surface area contributed by atoms with Gasteiger partial charge in [-0.25, -0.2) is 4.98 Å². The van der Waals surface area contributed by atoms with E-state index in [0.717, 1.165) is 22.1 Å². The standard InChI is InChI=1S/C23H22F3N5O/c1-4-28-21-16(12-27)9-17(13-29-21)19-11-18(6-5-14(19)2)30-22(32)15-7-8-31(3)20(10-15)23(24,25)26/h5-7,9-11,13H,4,8H2,1-3H3,(H,28,29)(H,30,32). The second kappa shape index (κ2) is 9.14. The summed E-state index contributed by atoms with van der Waals surface area (Å²) in [5.41, 5.74) is 2.22. The number of anilines is 2. The van der Waals surface area contributed by atoms with Gasteiger partial charge in [0.25, 0.3) is 5.91 Å². The molecule has 0 saturated carbocycles. The Morgan fingerprint density at radius 3 is 2.72 bits per heavy atom. The van der Waals surface area contributed by atoms with E-state index in [1.165, 1.54) is 13.1 Å². The lowest BCUT2D eigenvalue weighted by molar-refractivity contribution is -0.113. The Bertz CT molecular complexity index is 1150. The summed E-state index contributed by atoms with van der Waals surface area (Å²) in [6.07, 6.45) is -0.626. The molecule has 9 heteroatoms. The number of hydrogen-bond acceptors (Lipinski definition) is 5. The van der Waals surface area contributed by atoms with Crippen LogP contribution in [0.2, 0.25) is 0 Å². The maximum atomic E-state index is 13.2. The number of amides is 1. The van der Waals surface area contributed by atoms with Crippen molar-refractivity contribution in [3.05, 3.63) is 65.0 Å². The lowest BCUT2D eigenvalue weighted by Crippen LogP contribution is -2.32. The monoisotopic (exact) mass is 441 g/mol. The molecule has 2 heterocycles. The molecule has 2 N–H and O–H groups in total. The van der Waals surface area contributed by atoms with Gasteiger partial charge in [-0.15, -0.1) is 0 Å². The number of hydrogen-bond donors (Lipinski definition) is 2. The van der Waals surface area contributed by atoms with Crippen molar-refractivity contribution in [2.45, 2.75) is 20.0 Å². The zero-order valence-electron chi connectivity index (χ0n) is 17.8. The first-order valence-corrected chi connectivity index (χ1v) is 9.90. The van der Waals surface area contributed by atoms with Crippen molar-refractivity contribution in [3.63, 3.8) is 0 Å². The van der Waals surface area contributed by atoms with Crippen LogP contribution in [0.25, 0.3) is 11.1 Å². The molecule has 0 bridgehead atoms. The third-order valence-corrected chi connectivity index (χ3v) is 5.00. The first-order valence-electron chi connectivity index (χ1n) is 9.90. The van der Waals surface area contributed by atoms with Crippen molar-refractivity contribution < 1.29 is 18.0 Å². The molecule has 1 aliphatic rings. The largest absolute Gasteiger partial charge is 0.431 e. The third kappa shape index (κ3) is 4.91. The molecular weight excluding hydrogens is 419 g/mol. The molecule has 3 rings (SSSR count). The number of nitrogens with one attached hydrogen (secondary N) is 2. The maximum Gasteiger partial charge on any atom is 0.431 e. The molecule has 6 nitrogen and oxygen atoms in total. The number of benzene rings is 1. The van der Waals surface area contributed by atoms with Crippen LogP contribution in [0, 0.1) is 18.3 Å². The van der Waals surface area contributed by atoms with Crippen LogP contribution >= 0.6 is 0 Å². The van der Waals surface area contributed by atoms with Crippen molar-refractivity contribution >= 4 is 17.4 Å². The molecule has 0 unspecified atom stereocenters. The maximum absolute atomic E-state index is 13.2. The molecule has 0 radical (unpaired) electrons. The molecule has 32 heavy (non-hydrogen) atoms. The third-order valence-electron chi connectivity index (χ3n) is 5.00. The van der Waals surface area contributed by atoms with E-state index in [1.54, 1.807) is 30.5 Å². The predicted octanol–water partition coefficient (Wildman–Crippen LogP) is 4.62. The molecule has 1 aromatic heterocycles. The molecule has 2 aromatic rings. The van der Waals surface area contributed by atoms with Gasteiger partial charge in [-0.2, -0.15) is 18.4 Å². The van der Waals surface area contributed by atoms with Gasteiger partial charge in [-0.3, -0.25) is 4.79 Å². The van der Waals surface area contributed by atoms with Crippen LogP contribution in [-0.4, -0.2) is 42.1 Å². The van der Waals surface area contributed by atoms with Gasteiger partial charge < -0.3 is 15.5 Å². The molecule has 1 amide bonds. The van der Waals surface area contributed by atoms with E-state index in [2.05, 4.69) is 21.7 Å². The Labute approximate surface area is 184 Å². The fraction of sp³-hybridized carbons (Fsp3) is 0.261. The van der Waals surface area contributed by atoms with Crippen LogP contribution in [-0.2, 0) is 4.79 Å². The summed E-state index contributed by atoms with van der Waals surface area (Å²) in [4.78, 5) is 18.0. The van der Waals surface area contributed by atoms with Gasteiger partial charge in [0.2, 0.25) is 0 Å². The molecular formula is C23H22F3N5O. The lowest BCUT2D eigenvalue weighted by Gasteiger charge is -2.27. The van der Waals surface area contributed by atoms with Crippen LogP contribution in [0.15, 0.2) is 53.9 Å². The van der Waals surface area contributed by atoms with Gasteiger partial charge in [0.05, 0.1) is 5.56 Å². The van der Waals surface area contributed by atoms with Crippen LogP contribution in [0.4, 0.5) is 24.7 Å². The van der Waals surface area contributed by atoms with Gasteiger partial charge in [-0.1, -0.05) is 12.1 Å². The highest BCUT2D eigenvalue weighted by Gasteiger charge is 2.38. The van der Waals surface area contributed by atoms with Crippen molar-refractivity contribution in [3.8, 4) is 17.2 Å². The lowest BCUT2D eigenvalue weighted by atomic mass is 10.00. The molecule has 0 aliphatic carbocycles. The minimum atomic E-state index is -4.55. The summed E-state index contributed by atoms with van der Waals surface area (Å²) in [7, 11) is 1.32. The zero-order chi connectivity index (χ0) is 23.5. The number of allylic oxidation sites excluding steroid dienone is 1. The number of nitriles is 1. The number of nitrogens with zero attached hydrogens (tertiary/aromatic N) is 3. The number of halogens is 3. The van der Waals surface area contributed by atoms with Gasteiger partial charge in [0.15, 0.2) is 0 Å². The molecule has 0 saturated heterocycles. The average molecular weight is 441 g/mol. The summed E-state index contributed by atoms with van der Waals surface area (Å²) >= 11 is 0. The fourth-order valence-corrected chi connectivity index (χ4v) is 3.33. The van der Waals surface area contributed by atoms with Crippen LogP contribution in [0.5, 0.6) is 0 Å². The Balaban J connectivity index is 1.88. The summed E-state index contributed by atoms with van der Waals surface area (Å²) in [6.45, 7) is 4.38. The highest BCUT2D eigenvalue weighted by atomic mass is 19.4. The molecule has 0 atom stereocenters. The first kappa shape index (κ1) is 22.9. The highest BCUT2D eigenvalue weighted by Crippen LogP contribution is 2.32. The van der Waals surface area contributed by atoms with Crippen molar-refractivity contribution in [2.24, 2.45) is 0 Å². The molecule has 0 fully saturated rings.